The number of anilines is 1. The van der Waals surface area contributed by atoms with E-state index in [4.69, 9.17) is 11.5 Å². The van der Waals surface area contributed by atoms with E-state index in [1.165, 1.54) is 11.3 Å². The molecule has 178 valence electrons. The average molecular weight is 496 g/mol. The summed E-state index contributed by atoms with van der Waals surface area (Å²) >= 11 is 1.22. The fourth-order valence-corrected chi connectivity index (χ4v) is 7.47. The molecule has 1 aliphatic heterocycles. The molecule has 0 radical (unpaired) electrons. The molecule has 0 amide bonds. The van der Waals surface area contributed by atoms with Gasteiger partial charge in [-0.05, 0) is 43.5 Å². The Hall–Kier alpha value is -2.72. The lowest BCUT2D eigenvalue weighted by Crippen LogP contribution is -2.56. The predicted molar refractivity (Wildman–Crippen MR) is 136 cm³/mol. The van der Waals surface area contributed by atoms with Crippen LogP contribution in [0.5, 0.6) is 0 Å². The first kappa shape index (κ1) is 23.0. The fourth-order valence-electron chi connectivity index (χ4n) is 4.92. The molecule has 2 aromatic carbocycles. The number of thiazole rings is 1. The zero-order chi connectivity index (χ0) is 23.8. The Bertz CT molecular complexity index is 1310. The third-order valence-electron chi connectivity index (χ3n) is 6.71. The molecular weight excluding hydrogens is 466 g/mol. The Balaban J connectivity index is 1.24. The van der Waals surface area contributed by atoms with Gasteiger partial charge in [-0.2, -0.15) is 0 Å². The number of nitrogens with one attached hydrogen (secondary N) is 2. The second-order valence-corrected chi connectivity index (χ2v) is 12.3. The first-order chi connectivity index (χ1) is 16.3. The third-order valence-corrected chi connectivity index (χ3v) is 9.87. The van der Waals surface area contributed by atoms with Crippen molar-refractivity contribution in [2.45, 2.75) is 53.2 Å². The summed E-state index contributed by atoms with van der Waals surface area (Å²) in [6, 6.07) is 16.7. The highest BCUT2D eigenvalue weighted by atomic mass is 32.2. The van der Waals surface area contributed by atoms with Crippen molar-refractivity contribution in [1.82, 2.24) is 10.3 Å². The number of sulfone groups is 1. The normalized spacial score (nSPS) is 24.7. The summed E-state index contributed by atoms with van der Waals surface area (Å²) in [4.78, 5) is 5.36. The number of benzene rings is 2. The molecule has 34 heavy (non-hydrogen) atoms. The van der Waals surface area contributed by atoms with E-state index in [9.17, 15) is 8.42 Å². The SMILES string of the molecule is NC1=CC(N)(C2CCCC(NCc3cnc(S(=O)(=O)c4ccccc4)s3)C2)Nc2ccccc21. The van der Waals surface area contributed by atoms with Gasteiger partial charge in [0.05, 0.1) is 4.90 Å². The van der Waals surface area contributed by atoms with Gasteiger partial charge in [-0.25, -0.2) is 13.4 Å². The molecular formula is C25H29N5O2S2. The monoisotopic (exact) mass is 495 g/mol. The number of fused-ring (bicyclic) bond motifs is 1. The zero-order valence-corrected chi connectivity index (χ0v) is 20.4. The van der Waals surface area contributed by atoms with Gasteiger partial charge in [-0.1, -0.05) is 42.8 Å². The predicted octanol–water partition coefficient (Wildman–Crippen LogP) is 3.70. The van der Waals surface area contributed by atoms with E-state index < -0.39 is 15.5 Å². The van der Waals surface area contributed by atoms with Crippen molar-refractivity contribution in [3.63, 3.8) is 0 Å². The number of nitrogens with two attached hydrogens (primary N) is 2. The lowest BCUT2D eigenvalue weighted by Gasteiger charge is -2.43. The van der Waals surface area contributed by atoms with Crippen molar-refractivity contribution in [3.05, 3.63) is 77.3 Å². The van der Waals surface area contributed by atoms with E-state index in [0.29, 0.717) is 12.2 Å². The first-order valence-corrected chi connectivity index (χ1v) is 13.8. The Labute approximate surface area is 204 Å². The van der Waals surface area contributed by atoms with E-state index in [2.05, 4.69) is 15.6 Å². The average Bonchev–Trinajstić information content (AvgIpc) is 3.34. The maximum atomic E-state index is 12.8. The van der Waals surface area contributed by atoms with E-state index in [1.54, 1.807) is 36.5 Å². The Morgan fingerprint density at radius 1 is 1.12 bits per heavy atom. The highest BCUT2D eigenvalue weighted by molar-refractivity contribution is 7.93. The highest BCUT2D eigenvalue weighted by Gasteiger charge is 2.39. The van der Waals surface area contributed by atoms with Crippen molar-refractivity contribution in [3.8, 4) is 0 Å². The van der Waals surface area contributed by atoms with Crippen LogP contribution in [0.3, 0.4) is 0 Å². The summed E-state index contributed by atoms with van der Waals surface area (Å²) in [6.07, 6.45) is 7.66. The molecule has 2 heterocycles. The second kappa shape index (κ2) is 9.14. The van der Waals surface area contributed by atoms with Crippen LogP contribution in [-0.4, -0.2) is 25.1 Å². The molecule has 1 saturated carbocycles. The van der Waals surface area contributed by atoms with E-state index in [1.807, 2.05) is 30.3 Å². The maximum Gasteiger partial charge on any atom is 0.233 e. The number of nitrogens with zero attached hydrogens (tertiary/aromatic N) is 1. The largest absolute Gasteiger partial charge is 0.398 e. The number of hydrogen-bond donors (Lipinski definition) is 4. The summed E-state index contributed by atoms with van der Waals surface area (Å²) in [5.41, 5.74) is 15.2. The summed E-state index contributed by atoms with van der Waals surface area (Å²) < 4.78 is 25.8. The molecule has 0 bridgehead atoms. The molecule has 1 aliphatic carbocycles. The summed E-state index contributed by atoms with van der Waals surface area (Å²) in [6.45, 7) is 0.575. The van der Waals surface area contributed by atoms with Gasteiger partial charge in [0.1, 0.15) is 5.66 Å². The third kappa shape index (κ3) is 4.48. The van der Waals surface area contributed by atoms with Crippen molar-refractivity contribution in [1.29, 1.82) is 0 Å². The van der Waals surface area contributed by atoms with Crippen LogP contribution in [-0.2, 0) is 16.4 Å². The molecule has 3 aromatic rings. The number of aromatic nitrogens is 1. The van der Waals surface area contributed by atoms with Crippen LogP contribution in [0, 0.1) is 5.92 Å². The minimum Gasteiger partial charge on any atom is -0.398 e. The van der Waals surface area contributed by atoms with Crippen LogP contribution < -0.4 is 22.1 Å². The quantitative estimate of drug-likeness (QED) is 0.411. The van der Waals surface area contributed by atoms with Crippen LogP contribution in [0.4, 0.5) is 5.69 Å². The molecule has 9 heteroatoms. The fraction of sp³-hybridized carbons (Fsp3) is 0.320. The molecule has 6 N–H and O–H groups in total. The first-order valence-electron chi connectivity index (χ1n) is 11.5. The second-order valence-electron chi connectivity index (χ2n) is 9.05. The van der Waals surface area contributed by atoms with Crippen molar-refractivity contribution in [2.24, 2.45) is 17.4 Å². The lowest BCUT2D eigenvalue weighted by molar-refractivity contribution is 0.225. The Morgan fingerprint density at radius 3 is 2.71 bits per heavy atom. The standard InChI is InChI=1S/C25H29N5O2S2/c26-22-14-25(27,30-23-12-5-4-11-21(22)23)17-7-6-8-18(13-17)28-15-19-16-29-24(33-19)34(31,32)20-9-2-1-3-10-20/h1-5,9-12,14,16-18,28,30H,6-8,13,15,26-27H2. The molecule has 2 aliphatic rings. The molecule has 3 atom stereocenters. The van der Waals surface area contributed by atoms with Gasteiger partial charge >= 0.3 is 0 Å². The van der Waals surface area contributed by atoms with Crippen LogP contribution >= 0.6 is 11.3 Å². The van der Waals surface area contributed by atoms with Crippen molar-refractivity contribution in [2.75, 3.05) is 5.32 Å². The van der Waals surface area contributed by atoms with Crippen molar-refractivity contribution >= 4 is 32.6 Å². The number of para-hydroxylation sites is 1. The number of rotatable bonds is 6. The van der Waals surface area contributed by atoms with E-state index in [-0.39, 0.29) is 21.2 Å². The van der Waals surface area contributed by atoms with Gasteiger partial charge in [0, 0.05) is 46.5 Å². The van der Waals surface area contributed by atoms with Crippen LogP contribution in [0.15, 0.2) is 76.1 Å². The molecule has 0 saturated heterocycles. The number of hydrogen-bond acceptors (Lipinski definition) is 8. The van der Waals surface area contributed by atoms with Gasteiger partial charge in [-0.15, -0.1) is 11.3 Å². The summed E-state index contributed by atoms with van der Waals surface area (Å²) in [5, 5.41) is 7.12. The van der Waals surface area contributed by atoms with Crippen LogP contribution in [0.2, 0.25) is 0 Å². The van der Waals surface area contributed by atoms with Crippen LogP contribution in [0.1, 0.15) is 36.1 Å². The van der Waals surface area contributed by atoms with Gasteiger partial charge in [0.15, 0.2) is 0 Å². The van der Waals surface area contributed by atoms with Gasteiger partial charge in [-0.3, -0.25) is 0 Å². The van der Waals surface area contributed by atoms with Crippen molar-refractivity contribution < 1.29 is 8.42 Å². The smallest absolute Gasteiger partial charge is 0.233 e. The lowest BCUT2D eigenvalue weighted by atomic mass is 9.76. The minimum absolute atomic E-state index is 0.128. The van der Waals surface area contributed by atoms with Crippen LogP contribution in [0.25, 0.3) is 5.70 Å². The molecule has 1 aromatic heterocycles. The minimum atomic E-state index is -3.59. The van der Waals surface area contributed by atoms with E-state index in [0.717, 1.165) is 41.8 Å². The molecule has 7 nitrogen and oxygen atoms in total. The summed E-state index contributed by atoms with van der Waals surface area (Å²) in [7, 11) is -3.59. The van der Waals surface area contributed by atoms with Gasteiger partial charge < -0.3 is 22.1 Å². The molecule has 5 rings (SSSR count). The molecule has 1 fully saturated rings. The molecule has 3 unspecified atom stereocenters. The maximum absolute atomic E-state index is 12.8. The molecule has 0 spiro atoms. The topological polar surface area (TPSA) is 123 Å². The zero-order valence-electron chi connectivity index (χ0n) is 18.8. The van der Waals surface area contributed by atoms with E-state index >= 15 is 0 Å². The van der Waals surface area contributed by atoms with Gasteiger partial charge in [0.25, 0.3) is 0 Å². The highest BCUT2D eigenvalue weighted by Crippen LogP contribution is 2.38. The Morgan fingerprint density at radius 2 is 1.88 bits per heavy atom. The van der Waals surface area contributed by atoms with Gasteiger partial charge in [0.2, 0.25) is 14.2 Å². The Kier molecular flexibility index (Phi) is 6.20. The summed E-state index contributed by atoms with van der Waals surface area (Å²) in [5.74, 6) is 0.223.